The number of aryl methyl sites for hydroxylation is 1. The summed E-state index contributed by atoms with van der Waals surface area (Å²) in [6.45, 7) is 6.57. The third kappa shape index (κ3) is 5.73. The number of hydrogen-bond donors (Lipinski definition) is 0. The number of rotatable bonds is 7. The van der Waals surface area contributed by atoms with Crippen molar-refractivity contribution in [2.45, 2.75) is 13.3 Å². The van der Waals surface area contributed by atoms with Crippen molar-refractivity contribution in [3.8, 4) is 0 Å². The lowest BCUT2D eigenvalue weighted by molar-refractivity contribution is 0.0391. The van der Waals surface area contributed by atoms with E-state index in [1.807, 2.05) is 66.4 Å². The fourth-order valence-electron chi connectivity index (χ4n) is 4.36. The number of thiazole rings is 1. The van der Waals surface area contributed by atoms with E-state index < -0.39 is 0 Å². The second kappa shape index (κ2) is 10.9. The van der Waals surface area contributed by atoms with Gasteiger partial charge >= 0.3 is 0 Å². The van der Waals surface area contributed by atoms with Crippen LogP contribution in [0.1, 0.15) is 27.0 Å². The van der Waals surface area contributed by atoms with Gasteiger partial charge in [-0.05, 0) is 54.3 Å². The molecule has 1 fully saturated rings. The number of carbonyl (C=O) groups excluding carboxylic acids is 1. The van der Waals surface area contributed by atoms with Crippen molar-refractivity contribution in [2.24, 2.45) is 0 Å². The van der Waals surface area contributed by atoms with E-state index >= 15 is 0 Å². The van der Waals surface area contributed by atoms with Crippen LogP contribution >= 0.6 is 22.9 Å². The molecule has 0 spiro atoms. The monoisotopic (exact) mass is 505 g/mol. The molecule has 7 heteroatoms. The molecule has 0 saturated carbocycles. The van der Waals surface area contributed by atoms with E-state index in [9.17, 15) is 4.79 Å². The van der Waals surface area contributed by atoms with Crippen molar-refractivity contribution >= 4 is 44.2 Å². The molecule has 0 bridgehead atoms. The Morgan fingerprint density at radius 1 is 1.06 bits per heavy atom. The molecule has 0 radical (unpaired) electrons. The zero-order valence-electron chi connectivity index (χ0n) is 19.7. The maximum Gasteiger partial charge on any atom is 0.260 e. The number of nitrogens with zero attached hydrogens (tertiary/aromatic N) is 3. The highest BCUT2D eigenvalue weighted by Gasteiger charge is 2.23. The van der Waals surface area contributed by atoms with Gasteiger partial charge in [-0.25, -0.2) is 4.98 Å². The summed E-state index contributed by atoms with van der Waals surface area (Å²) < 4.78 is 6.47. The summed E-state index contributed by atoms with van der Waals surface area (Å²) in [6.07, 6.45) is 0.841. The standard InChI is InChI=1S/C28H28ClN3O2S/c1-20-17-24(29)19-25-26(20)30-28(35-25)32(12-11-31-13-15-34-16-14-31)27(33)23-9-7-22(8-10-23)18-21-5-3-2-4-6-21/h2-10,17,19H,11-16,18H2,1H3. The molecule has 0 unspecified atom stereocenters. The molecule has 0 aliphatic carbocycles. The van der Waals surface area contributed by atoms with Gasteiger partial charge in [-0.2, -0.15) is 0 Å². The molecule has 4 aromatic rings. The van der Waals surface area contributed by atoms with Gasteiger partial charge < -0.3 is 4.74 Å². The maximum atomic E-state index is 13.7. The zero-order chi connectivity index (χ0) is 24.2. The Hall–Kier alpha value is -2.77. The number of hydrogen-bond acceptors (Lipinski definition) is 5. The Balaban J connectivity index is 1.40. The minimum atomic E-state index is -0.0349. The highest BCUT2D eigenvalue weighted by atomic mass is 35.5. The molecule has 1 aliphatic rings. The van der Waals surface area contributed by atoms with Crippen LogP contribution in [0.5, 0.6) is 0 Å². The molecule has 5 rings (SSSR count). The largest absolute Gasteiger partial charge is 0.379 e. The molecular weight excluding hydrogens is 478 g/mol. The second-order valence-electron chi connectivity index (χ2n) is 8.84. The van der Waals surface area contributed by atoms with Crippen LogP contribution in [0.2, 0.25) is 5.02 Å². The molecule has 0 N–H and O–H groups in total. The van der Waals surface area contributed by atoms with Crippen molar-refractivity contribution in [1.29, 1.82) is 0 Å². The highest BCUT2D eigenvalue weighted by molar-refractivity contribution is 7.22. The Bertz CT molecular complexity index is 1300. The van der Waals surface area contributed by atoms with Gasteiger partial charge in [0.1, 0.15) is 0 Å². The lowest BCUT2D eigenvalue weighted by atomic mass is 10.0. The molecule has 2 heterocycles. The van der Waals surface area contributed by atoms with E-state index in [0.29, 0.717) is 22.3 Å². The topological polar surface area (TPSA) is 45.7 Å². The van der Waals surface area contributed by atoms with Crippen molar-refractivity contribution in [2.75, 3.05) is 44.3 Å². The normalized spacial score (nSPS) is 14.3. The highest BCUT2D eigenvalue weighted by Crippen LogP contribution is 2.33. The van der Waals surface area contributed by atoms with Crippen molar-refractivity contribution < 1.29 is 9.53 Å². The molecule has 5 nitrogen and oxygen atoms in total. The quantitative estimate of drug-likeness (QED) is 0.317. The van der Waals surface area contributed by atoms with E-state index in [2.05, 4.69) is 17.0 Å². The predicted octanol–water partition coefficient (Wildman–Crippen LogP) is 5.83. The fraction of sp³-hybridized carbons (Fsp3) is 0.286. The summed E-state index contributed by atoms with van der Waals surface area (Å²) in [5.74, 6) is -0.0349. The summed E-state index contributed by atoms with van der Waals surface area (Å²) >= 11 is 7.80. The van der Waals surface area contributed by atoms with Crippen molar-refractivity contribution in [3.05, 3.63) is 94.0 Å². The van der Waals surface area contributed by atoms with Crippen LogP contribution in [-0.2, 0) is 11.2 Å². The van der Waals surface area contributed by atoms with Crippen LogP contribution in [0.3, 0.4) is 0 Å². The molecule has 180 valence electrons. The van der Waals surface area contributed by atoms with Gasteiger partial charge in [0.15, 0.2) is 5.13 Å². The molecule has 3 aromatic carbocycles. The summed E-state index contributed by atoms with van der Waals surface area (Å²) in [5.41, 5.74) is 5.01. The smallest absolute Gasteiger partial charge is 0.260 e. The molecule has 1 aromatic heterocycles. The summed E-state index contributed by atoms with van der Waals surface area (Å²) in [7, 11) is 0. The predicted molar refractivity (Wildman–Crippen MR) is 144 cm³/mol. The average molecular weight is 506 g/mol. The number of morpholine rings is 1. The number of benzene rings is 3. The first kappa shape index (κ1) is 23.9. The third-order valence-electron chi connectivity index (χ3n) is 6.31. The summed E-state index contributed by atoms with van der Waals surface area (Å²) in [6, 6.07) is 22.1. The molecule has 35 heavy (non-hydrogen) atoms. The SMILES string of the molecule is Cc1cc(Cl)cc2sc(N(CCN3CCOCC3)C(=O)c3ccc(Cc4ccccc4)cc3)nc12. The number of fused-ring (bicyclic) bond motifs is 1. The van der Waals surface area contributed by atoms with Crippen LogP contribution < -0.4 is 4.90 Å². The van der Waals surface area contributed by atoms with Crippen molar-refractivity contribution in [1.82, 2.24) is 9.88 Å². The van der Waals surface area contributed by atoms with Crippen molar-refractivity contribution in [3.63, 3.8) is 0 Å². The van der Waals surface area contributed by atoms with Crippen LogP contribution in [-0.4, -0.2) is 55.2 Å². The number of aromatic nitrogens is 1. The number of ether oxygens (including phenoxy) is 1. The lowest BCUT2D eigenvalue weighted by Crippen LogP contribution is -2.43. The Morgan fingerprint density at radius 3 is 2.51 bits per heavy atom. The molecule has 1 amide bonds. The average Bonchev–Trinajstić information content (AvgIpc) is 3.30. The lowest BCUT2D eigenvalue weighted by Gasteiger charge is -2.29. The van der Waals surface area contributed by atoms with E-state index in [1.54, 1.807) is 0 Å². The van der Waals surface area contributed by atoms with E-state index in [4.69, 9.17) is 21.3 Å². The van der Waals surface area contributed by atoms with Gasteiger partial charge in [0.2, 0.25) is 0 Å². The molecule has 1 aliphatic heterocycles. The van der Waals surface area contributed by atoms with Crippen LogP contribution in [0.15, 0.2) is 66.7 Å². The summed E-state index contributed by atoms with van der Waals surface area (Å²) in [4.78, 5) is 22.8. The van der Waals surface area contributed by atoms with Crippen LogP contribution in [0.25, 0.3) is 10.2 Å². The fourth-order valence-corrected chi connectivity index (χ4v) is 5.81. The van der Waals surface area contributed by atoms with E-state index in [0.717, 1.165) is 55.0 Å². The number of halogens is 1. The Morgan fingerprint density at radius 2 is 1.77 bits per heavy atom. The summed E-state index contributed by atoms with van der Waals surface area (Å²) in [5, 5.41) is 1.39. The molecule has 1 saturated heterocycles. The number of carbonyl (C=O) groups is 1. The molecular formula is C28H28ClN3O2S. The first-order valence-corrected chi connectivity index (χ1v) is 13.1. The minimum Gasteiger partial charge on any atom is -0.379 e. The first-order chi connectivity index (χ1) is 17.1. The second-order valence-corrected chi connectivity index (χ2v) is 10.3. The van der Waals surface area contributed by atoms with E-state index in [1.165, 1.54) is 22.5 Å². The number of anilines is 1. The first-order valence-electron chi connectivity index (χ1n) is 11.9. The van der Waals surface area contributed by atoms with Crippen LogP contribution in [0.4, 0.5) is 5.13 Å². The minimum absolute atomic E-state index is 0.0349. The van der Waals surface area contributed by atoms with Gasteiger partial charge in [-0.3, -0.25) is 14.6 Å². The van der Waals surface area contributed by atoms with Crippen LogP contribution in [0, 0.1) is 6.92 Å². The van der Waals surface area contributed by atoms with E-state index in [-0.39, 0.29) is 5.91 Å². The maximum absolute atomic E-state index is 13.7. The Labute approximate surface area is 214 Å². The number of amides is 1. The van der Waals surface area contributed by atoms with Gasteiger partial charge in [0, 0.05) is 36.8 Å². The van der Waals surface area contributed by atoms with Gasteiger partial charge in [-0.15, -0.1) is 0 Å². The van der Waals surface area contributed by atoms with Gasteiger partial charge in [-0.1, -0.05) is 65.4 Å². The third-order valence-corrected chi connectivity index (χ3v) is 7.55. The Kier molecular flexibility index (Phi) is 7.44. The van der Waals surface area contributed by atoms with Gasteiger partial charge in [0.05, 0.1) is 23.4 Å². The molecule has 0 atom stereocenters. The zero-order valence-corrected chi connectivity index (χ0v) is 21.3. The van der Waals surface area contributed by atoms with Gasteiger partial charge in [0.25, 0.3) is 5.91 Å².